The summed E-state index contributed by atoms with van der Waals surface area (Å²) in [6, 6.07) is 18.4. The number of nitro benzene ring substituents is 1. The second kappa shape index (κ2) is 7.70. The summed E-state index contributed by atoms with van der Waals surface area (Å²) >= 11 is 0. The maximum absolute atomic E-state index is 12.8. The van der Waals surface area contributed by atoms with Crippen LogP contribution in [0.25, 0.3) is 0 Å². The molecule has 0 radical (unpaired) electrons. The number of hydrogen-bond donors (Lipinski definition) is 1. The quantitative estimate of drug-likeness (QED) is 0.496. The Kier molecular flexibility index (Phi) is 5.17. The van der Waals surface area contributed by atoms with Crippen molar-refractivity contribution in [2.75, 3.05) is 5.32 Å². The molecule has 0 unspecified atom stereocenters. The number of para-hydroxylation sites is 2. The minimum Gasteiger partial charge on any atom is -0.457 e. The lowest BCUT2D eigenvalue weighted by atomic mass is 10.1. The average molecular weight is 362 g/mol. The van der Waals surface area contributed by atoms with Crippen LogP contribution in [0.15, 0.2) is 66.7 Å². The molecular formula is C21H18N2O4. The van der Waals surface area contributed by atoms with E-state index < -0.39 is 4.92 Å². The predicted molar refractivity (Wildman–Crippen MR) is 103 cm³/mol. The van der Waals surface area contributed by atoms with Crippen molar-refractivity contribution < 1.29 is 14.5 Å². The number of nitro groups is 1. The number of ether oxygens (including phenoxy) is 1. The van der Waals surface area contributed by atoms with E-state index >= 15 is 0 Å². The van der Waals surface area contributed by atoms with Crippen molar-refractivity contribution in [3.8, 4) is 11.5 Å². The fraction of sp³-hybridized carbons (Fsp3) is 0.0952. The summed E-state index contributed by atoms with van der Waals surface area (Å²) in [5.41, 5.74) is 3.06. The van der Waals surface area contributed by atoms with Crippen LogP contribution >= 0.6 is 0 Å². The third-order valence-electron chi connectivity index (χ3n) is 4.13. The van der Waals surface area contributed by atoms with Crippen LogP contribution in [0.5, 0.6) is 11.5 Å². The highest BCUT2D eigenvalue weighted by Crippen LogP contribution is 2.28. The molecule has 0 saturated heterocycles. The molecular weight excluding hydrogens is 344 g/mol. The predicted octanol–water partition coefficient (Wildman–Crippen LogP) is 5.26. The molecule has 0 saturated carbocycles. The van der Waals surface area contributed by atoms with E-state index in [1.165, 1.54) is 24.3 Å². The standard InChI is InChI=1S/C21H18N2O4/c1-14-6-5-7-15(2)20(14)22-21(24)18-8-3-4-9-19(18)27-17-12-10-16(11-13-17)23(25)26/h3-13H,1-2H3,(H,22,24). The van der Waals surface area contributed by atoms with Gasteiger partial charge in [0, 0.05) is 17.8 Å². The summed E-state index contributed by atoms with van der Waals surface area (Å²) < 4.78 is 5.78. The number of non-ortho nitro benzene ring substituents is 1. The Morgan fingerprint density at radius 2 is 1.56 bits per heavy atom. The molecule has 136 valence electrons. The van der Waals surface area contributed by atoms with Crippen molar-refractivity contribution in [1.82, 2.24) is 0 Å². The second-order valence-electron chi connectivity index (χ2n) is 6.07. The largest absolute Gasteiger partial charge is 0.457 e. The zero-order chi connectivity index (χ0) is 19.4. The number of nitrogens with one attached hydrogen (secondary N) is 1. The van der Waals surface area contributed by atoms with Crippen LogP contribution in [0, 0.1) is 24.0 Å². The smallest absolute Gasteiger partial charge is 0.269 e. The first kappa shape index (κ1) is 18.1. The molecule has 0 bridgehead atoms. The maximum atomic E-state index is 12.8. The van der Waals surface area contributed by atoms with Crippen molar-refractivity contribution in [2.45, 2.75) is 13.8 Å². The van der Waals surface area contributed by atoms with Crippen LogP contribution in [0.2, 0.25) is 0 Å². The van der Waals surface area contributed by atoms with Crippen LogP contribution < -0.4 is 10.1 Å². The molecule has 6 nitrogen and oxygen atoms in total. The van der Waals surface area contributed by atoms with Crippen molar-refractivity contribution in [1.29, 1.82) is 0 Å². The normalized spacial score (nSPS) is 10.3. The molecule has 0 aliphatic heterocycles. The Balaban J connectivity index is 1.85. The van der Waals surface area contributed by atoms with Gasteiger partial charge in [-0.3, -0.25) is 14.9 Å². The second-order valence-corrected chi connectivity index (χ2v) is 6.07. The molecule has 0 spiro atoms. The monoisotopic (exact) mass is 362 g/mol. The molecule has 3 aromatic rings. The van der Waals surface area contributed by atoms with E-state index in [1.807, 2.05) is 32.0 Å². The Hall–Kier alpha value is -3.67. The summed E-state index contributed by atoms with van der Waals surface area (Å²) in [6.45, 7) is 3.86. The number of aryl methyl sites for hydroxylation is 2. The van der Waals surface area contributed by atoms with Crippen molar-refractivity contribution in [3.63, 3.8) is 0 Å². The van der Waals surface area contributed by atoms with E-state index in [9.17, 15) is 14.9 Å². The Bertz CT molecular complexity index is 977. The highest BCUT2D eigenvalue weighted by atomic mass is 16.6. The molecule has 0 aliphatic carbocycles. The van der Waals surface area contributed by atoms with Crippen molar-refractivity contribution >= 4 is 17.3 Å². The molecule has 27 heavy (non-hydrogen) atoms. The lowest BCUT2D eigenvalue weighted by Crippen LogP contribution is -2.14. The first-order valence-corrected chi connectivity index (χ1v) is 8.34. The van der Waals surface area contributed by atoms with Gasteiger partial charge in [0.15, 0.2) is 0 Å². The summed E-state index contributed by atoms with van der Waals surface area (Å²) in [7, 11) is 0. The van der Waals surface area contributed by atoms with Gasteiger partial charge in [0.1, 0.15) is 11.5 Å². The number of nitrogens with zero attached hydrogens (tertiary/aromatic N) is 1. The van der Waals surface area contributed by atoms with Gasteiger partial charge in [-0.1, -0.05) is 30.3 Å². The molecule has 1 amide bonds. The van der Waals surface area contributed by atoms with E-state index in [2.05, 4.69) is 5.32 Å². The maximum Gasteiger partial charge on any atom is 0.269 e. The summed E-state index contributed by atoms with van der Waals surface area (Å²) in [5, 5.41) is 13.7. The third-order valence-corrected chi connectivity index (χ3v) is 4.13. The van der Waals surface area contributed by atoms with Gasteiger partial charge < -0.3 is 10.1 Å². The van der Waals surface area contributed by atoms with E-state index in [-0.39, 0.29) is 11.6 Å². The summed E-state index contributed by atoms with van der Waals surface area (Å²) in [6.07, 6.45) is 0. The molecule has 3 aromatic carbocycles. The minimum absolute atomic E-state index is 0.0246. The molecule has 0 aliphatic rings. The SMILES string of the molecule is Cc1cccc(C)c1NC(=O)c1ccccc1Oc1ccc([N+](=O)[O-])cc1. The topological polar surface area (TPSA) is 81.5 Å². The zero-order valence-corrected chi connectivity index (χ0v) is 14.9. The van der Waals surface area contributed by atoms with Crippen LogP contribution in [-0.4, -0.2) is 10.8 Å². The van der Waals surface area contributed by atoms with Gasteiger partial charge in [0.2, 0.25) is 0 Å². The molecule has 3 rings (SSSR count). The van der Waals surface area contributed by atoms with E-state index in [0.29, 0.717) is 17.1 Å². The van der Waals surface area contributed by atoms with Crippen LogP contribution in [-0.2, 0) is 0 Å². The Labute approximate surface area is 156 Å². The molecule has 1 N–H and O–H groups in total. The molecule has 6 heteroatoms. The Morgan fingerprint density at radius 1 is 0.926 bits per heavy atom. The van der Waals surface area contributed by atoms with E-state index in [0.717, 1.165) is 16.8 Å². The molecule has 0 atom stereocenters. The van der Waals surface area contributed by atoms with Gasteiger partial charge in [0.05, 0.1) is 10.5 Å². The summed E-state index contributed by atoms with van der Waals surface area (Å²) in [4.78, 5) is 23.1. The number of anilines is 1. The number of carbonyl (C=O) groups is 1. The molecule has 0 fully saturated rings. The van der Waals surface area contributed by atoms with Gasteiger partial charge in [-0.25, -0.2) is 0 Å². The first-order chi connectivity index (χ1) is 13.0. The number of benzene rings is 3. The van der Waals surface area contributed by atoms with Gasteiger partial charge in [-0.2, -0.15) is 0 Å². The lowest BCUT2D eigenvalue weighted by Gasteiger charge is -2.14. The van der Waals surface area contributed by atoms with Gasteiger partial charge >= 0.3 is 0 Å². The minimum atomic E-state index is -0.476. The van der Waals surface area contributed by atoms with Crippen molar-refractivity contribution in [2.24, 2.45) is 0 Å². The van der Waals surface area contributed by atoms with Crippen LogP contribution in [0.1, 0.15) is 21.5 Å². The van der Waals surface area contributed by atoms with Crippen molar-refractivity contribution in [3.05, 3.63) is 93.5 Å². The Morgan fingerprint density at radius 3 is 2.19 bits per heavy atom. The van der Waals surface area contributed by atoms with Crippen LogP contribution in [0.4, 0.5) is 11.4 Å². The average Bonchev–Trinajstić information content (AvgIpc) is 2.65. The fourth-order valence-electron chi connectivity index (χ4n) is 2.70. The zero-order valence-electron chi connectivity index (χ0n) is 14.9. The summed E-state index contributed by atoms with van der Waals surface area (Å²) in [5.74, 6) is 0.493. The lowest BCUT2D eigenvalue weighted by molar-refractivity contribution is -0.384. The molecule has 0 aromatic heterocycles. The highest BCUT2D eigenvalue weighted by molar-refractivity contribution is 6.07. The number of hydrogen-bond acceptors (Lipinski definition) is 4. The number of carbonyl (C=O) groups excluding carboxylic acids is 1. The number of rotatable bonds is 5. The van der Waals surface area contributed by atoms with Gasteiger partial charge in [-0.15, -0.1) is 0 Å². The van der Waals surface area contributed by atoms with Gasteiger partial charge in [-0.05, 0) is 49.2 Å². The van der Waals surface area contributed by atoms with Crippen LogP contribution in [0.3, 0.4) is 0 Å². The van der Waals surface area contributed by atoms with Gasteiger partial charge in [0.25, 0.3) is 11.6 Å². The molecule has 0 heterocycles. The van der Waals surface area contributed by atoms with E-state index in [1.54, 1.807) is 24.3 Å². The third kappa shape index (κ3) is 4.12. The highest BCUT2D eigenvalue weighted by Gasteiger charge is 2.15. The van der Waals surface area contributed by atoms with E-state index in [4.69, 9.17) is 4.74 Å². The number of amides is 1. The first-order valence-electron chi connectivity index (χ1n) is 8.34. The fourth-order valence-corrected chi connectivity index (χ4v) is 2.70.